The monoisotopic (exact) mass is 419 g/mol. The molecule has 5 rings (SSSR count). The maximum absolute atomic E-state index is 12.8. The molecule has 0 saturated carbocycles. The van der Waals surface area contributed by atoms with Crippen molar-refractivity contribution in [3.63, 3.8) is 0 Å². The van der Waals surface area contributed by atoms with Gasteiger partial charge in [0.05, 0.1) is 6.42 Å². The molecule has 3 aromatic heterocycles. The molecule has 10 heteroatoms. The fourth-order valence-electron chi connectivity index (χ4n) is 3.95. The highest BCUT2D eigenvalue weighted by Gasteiger charge is 2.25. The Balaban J connectivity index is 1.20. The number of piperidine rings is 1. The van der Waals surface area contributed by atoms with Gasteiger partial charge in [0.2, 0.25) is 5.91 Å². The zero-order valence-electron chi connectivity index (χ0n) is 16.8. The van der Waals surface area contributed by atoms with Gasteiger partial charge in [0.1, 0.15) is 18.3 Å². The molecule has 1 aliphatic heterocycles. The van der Waals surface area contributed by atoms with Gasteiger partial charge in [0, 0.05) is 31.1 Å². The number of nitrogens with zero attached hydrogens (tertiary/aromatic N) is 7. The molecule has 1 aliphatic rings. The molecule has 0 unspecified atom stereocenters. The lowest BCUT2D eigenvalue weighted by Crippen LogP contribution is -2.41. The van der Waals surface area contributed by atoms with Crippen LogP contribution in [0.15, 0.2) is 58.4 Å². The van der Waals surface area contributed by atoms with Gasteiger partial charge in [-0.25, -0.2) is 14.3 Å². The first-order valence-corrected chi connectivity index (χ1v) is 10.2. The van der Waals surface area contributed by atoms with E-state index in [1.165, 1.54) is 21.8 Å². The van der Waals surface area contributed by atoms with Crippen molar-refractivity contribution in [1.29, 1.82) is 0 Å². The molecule has 0 bridgehead atoms. The summed E-state index contributed by atoms with van der Waals surface area (Å²) in [4.78, 5) is 30.8. The molecule has 1 fully saturated rings. The largest absolute Gasteiger partial charge is 0.356 e. The van der Waals surface area contributed by atoms with E-state index in [9.17, 15) is 9.59 Å². The van der Waals surface area contributed by atoms with Gasteiger partial charge in [-0.2, -0.15) is 5.10 Å². The first-order valence-electron chi connectivity index (χ1n) is 10.2. The van der Waals surface area contributed by atoms with Crippen LogP contribution >= 0.6 is 0 Å². The Labute approximate surface area is 177 Å². The molecule has 4 aromatic rings. The van der Waals surface area contributed by atoms with Crippen LogP contribution in [0.5, 0.6) is 0 Å². The highest BCUT2D eigenvalue weighted by Crippen LogP contribution is 2.22. The summed E-state index contributed by atoms with van der Waals surface area (Å²) < 4.78 is 8.29. The predicted octanol–water partition coefficient (Wildman–Crippen LogP) is 1.45. The van der Waals surface area contributed by atoms with Crippen LogP contribution in [0.2, 0.25) is 0 Å². The van der Waals surface area contributed by atoms with Gasteiger partial charge in [-0.1, -0.05) is 17.3 Å². The van der Waals surface area contributed by atoms with Crippen molar-refractivity contribution in [3.8, 4) is 5.82 Å². The lowest BCUT2D eigenvalue weighted by Gasteiger charge is -2.32. The minimum Gasteiger partial charge on any atom is -0.356 e. The lowest BCUT2D eigenvalue weighted by molar-refractivity contribution is -0.132. The molecule has 4 heterocycles. The van der Waals surface area contributed by atoms with Gasteiger partial charge >= 0.3 is 0 Å². The number of carbonyl (C=O) groups is 1. The quantitative estimate of drug-likeness (QED) is 0.481. The van der Waals surface area contributed by atoms with E-state index in [0.29, 0.717) is 36.7 Å². The Morgan fingerprint density at radius 1 is 1.13 bits per heavy atom. The average molecular weight is 419 g/mol. The Morgan fingerprint density at radius 3 is 2.77 bits per heavy atom. The summed E-state index contributed by atoms with van der Waals surface area (Å²) in [5.74, 6) is 0.860. The third kappa shape index (κ3) is 3.96. The zero-order valence-corrected chi connectivity index (χ0v) is 16.8. The normalized spacial score (nSPS) is 14.9. The molecule has 0 radical (unpaired) electrons. The van der Waals surface area contributed by atoms with Crippen LogP contribution in [0, 0.1) is 5.92 Å². The molecule has 1 aromatic carbocycles. The minimum atomic E-state index is -0.153. The third-order valence-electron chi connectivity index (χ3n) is 5.68. The number of amides is 1. The standard InChI is InChI=1S/C21H21N7O3/c29-20-6-5-19(28-14-22-13-23-28)24-27(20)12-15-7-9-26(10-8-15)21(30)11-17-16-3-1-2-4-18(16)31-25-17/h1-6,13-15H,7-12H2. The summed E-state index contributed by atoms with van der Waals surface area (Å²) in [6.45, 7) is 1.81. The smallest absolute Gasteiger partial charge is 0.266 e. The van der Waals surface area contributed by atoms with Crippen molar-refractivity contribution in [2.24, 2.45) is 5.92 Å². The number of para-hydroxylation sites is 1. The van der Waals surface area contributed by atoms with E-state index in [1.807, 2.05) is 29.2 Å². The summed E-state index contributed by atoms with van der Waals surface area (Å²) in [6.07, 6.45) is 4.81. The maximum Gasteiger partial charge on any atom is 0.266 e. The number of likely N-dealkylation sites (tertiary alicyclic amines) is 1. The minimum absolute atomic E-state index is 0.0426. The first kappa shape index (κ1) is 19.2. The second-order valence-corrected chi connectivity index (χ2v) is 7.68. The predicted molar refractivity (Wildman–Crippen MR) is 110 cm³/mol. The van der Waals surface area contributed by atoms with Crippen molar-refractivity contribution in [1.82, 2.24) is 34.6 Å². The van der Waals surface area contributed by atoms with E-state index in [2.05, 4.69) is 20.3 Å². The molecule has 31 heavy (non-hydrogen) atoms. The summed E-state index contributed by atoms with van der Waals surface area (Å²) in [5.41, 5.74) is 1.21. The molecular weight excluding hydrogens is 398 g/mol. The van der Waals surface area contributed by atoms with Crippen LogP contribution in [0.25, 0.3) is 16.8 Å². The van der Waals surface area contributed by atoms with Crippen molar-refractivity contribution in [2.75, 3.05) is 13.1 Å². The SMILES string of the molecule is O=C(Cc1noc2ccccc12)N1CCC(Cn2nc(-n3cncn3)ccc2=O)CC1. The fraction of sp³-hybridized carbons (Fsp3) is 0.333. The fourth-order valence-corrected chi connectivity index (χ4v) is 3.95. The van der Waals surface area contributed by atoms with Crippen molar-refractivity contribution < 1.29 is 9.32 Å². The van der Waals surface area contributed by atoms with Gasteiger partial charge < -0.3 is 9.42 Å². The van der Waals surface area contributed by atoms with Gasteiger partial charge in [0.25, 0.3) is 5.56 Å². The van der Waals surface area contributed by atoms with E-state index in [4.69, 9.17) is 4.52 Å². The lowest BCUT2D eigenvalue weighted by atomic mass is 9.96. The Morgan fingerprint density at radius 2 is 1.97 bits per heavy atom. The number of carbonyl (C=O) groups excluding carboxylic acids is 1. The van der Waals surface area contributed by atoms with Crippen LogP contribution in [0.1, 0.15) is 18.5 Å². The van der Waals surface area contributed by atoms with Crippen LogP contribution in [0.4, 0.5) is 0 Å². The molecule has 0 N–H and O–H groups in total. The number of benzene rings is 1. The van der Waals surface area contributed by atoms with Crippen LogP contribution < -0.4 is 5.56 Å². The summed E-state index contributed by atoms with van der Waals surface area (Å²) in [7, 11) is 0. The molecule has 1 amide bonds. The maximum atomic E-state index is 12.8. The second-order valence-electron chi connectivity index (χ2n) is 7.68. The van der Waals surface area contributed by atoms with Crippen molar-refractivity contribution >= 4 is 16.9 Å². The highest BCUT2D eigenvalue weighted by atomic mass is 16.5. The van der Waals surface area contributed by atoms with Crippen molar-refractivity contribution in [2.45, 2.75) is 25.8 Å². The number of hydrogen-bond acceptors (Lipinski definition) is 7. The van der Waals surface area contributed by atoms with E-state index < -0.39 is 0 Å². The first-order chi connectivity index (χ1) is 15.2. The van der Waals surface area contributed by atoms with Gasteiger partial charge in [0.15, 0.2) is 11.4 Å². The Kier molecular flexibility index (Phi) is 5.03. The molecule has 0 aliphatic carbocycles. The zero-order chi connectivity index (χ0) is 21.2. The van der Waals surface area contributed by atoms with E-state index in [0.717, 1.165) is 18.2 Å². The molecule has 158 valence electrons. The second kappa shape index (κ2) is 8.13. The number of aromatic nitrogens is 6. The van der Waals surface area contributed by atoms with Gasteiger partial charge in [-0.15, -0.1) is 5.10 Å². The Bertz CT molecular complexity index is 1250. The average Bonchev–Trinajstić information content (AvgIpc) is 3.47. The number of hydrogen-bond donors (Lipinski definition) is 0. The summed E-state index contributed by atoms with van der Waals surface area (Å²) in [6, 6.07) is 10.7. The van der Waals surface area contributed by atoms with Crippen LogP contribution in [-0.4, -0.2) is 53.6 Å². The Hall–Kier alpha value is -3.82. The highest BCUT2D eigenvalue weighted by molar-refractivity contribution is 5.86. The molecular formula is C21H21N7O3. The molecule has 1 saturated heterocycles. The van der Waals surface area contributed by atoms with Crippen LogP contribution in [-0.2, 0) is 17.8 Å². The van der Waals surface area contributed by atoms with E-state index in [1.54, 1.807) is 12.4 Å². The molecule has 0 atom stereocenters. The summed E-state index contributed by atoms with van der Waals surface area (Å²) in [5, 5.41) is 13.4. The molecule has 0 spiro atoms. The van der Waals surface area contributed by atoms with Crippen LogP contribution in [0.3, 0.4) is 0 Å². The summed E-state index contributed by atoms with van der Waals surface area (Å²) >= 11 is 0. The van der Waals surface area contributed by atoms with Gasteiger partial charge in [-0.3, -0.25) is 9.59 Å². The van der Waals surface area contributed by atoms with E-state index in [-0.39, 0.29) is 23.8 Å². The van der Waals surface area contributed by atoms with Gasteiger partial charge in [-0.05, 0) is 37.0 Å². The third-order valence-corrected chi connectivity index (χ3v) is 5.68. The number of rotatable bonds is 5. The van der Waals surface area contributed by atoms with Crippen molar-refractivity contribution in [3.05, 3.63) is 65.1 Å². The van der Waals surface area contributed by atoms with E-state index >= 15 is 0 Å². The number of fused-ring (bicyclic) bond motifs is 1. The molecule has 10 nitrogen and oxygen atoms in total. The topological polar surface area (TPSA) is 112 Å².